The first kappa shape index (κ1) is 13.5. The molecule has 1 aliphatic rings. The van der Waals surface area contributed by atoms with Crippen molar-refractivity contribution in [1.29, 1.82) is 0 Å². The molecule has 1 aromatic rings. The number of carboxylic acid groups (broad SMARTS) is 1. The Hall–Kier alpha value is -1.88. The molecule has 5 heteroatoms. The number of phenols is 1. The third kappa shape index (κ3) is 2.93. The first-order valence-corrected chi connectivity index (χ1v) is 6.27. The fourth-order valence-electron chi connectivity index (χ4n) is 2.41. The summed E-state index contributed by atoms with van der Waals surface area (Å²) < 4.78 is 0. The number of aliphatic carboxylic acids is 1. The largest absolute Gasteiger partial charge is 0.508 e. The minimum atomic E-state index is -1.00. The fourth-order valence-corrected chi connectivity index (χ4v) is 2.41. The van der Waals surface area contributed by atoms with Gasteiger partial charge in [-0.25, -0.2) is 0 Å². The molecular weight excluding hydrogens is 246 g/mol. The van der Waals surface area contributed by atoms with Gasteiger partial charge in [0.25, 0.3) is 0 Å². The molecule has 1 aromatic carbocycles. The Bertz CT molecular complexity index is 502. The van der Waals surface area contributed by atoms with Crippen molar-refractivity contribution in [3.63, 3.8) is 0 Å². The van der Waals surface area contributed by atoms with Crippen LogP contribution in [0.1, 0.15) is 30.0 Å². The molecule has 0 aromatic heterocycles. The average Bonchev–Trinajstić information content (AvgIpc) is 2.36. The highest BCUT2D eigenvalue weighted by Gasteiger charge is 2.32. The summed E-state index contributed by atoms with van der Waals surface area (Å²) in [5.74, 6) is -0.862. The molecule has 0 amide bonds. The number of carbonyl (C=O) groups is 2. The van der Waals surface area contributed by atoms with Crippen molar-refractivity contribution in [2.45, 2.75) is 25.8 Å². The maximum Gasteiger partial charge on any atom is 0.325 e. The second-order valence-corrected chi connectivity index (χ2v) is 4.88. The number of likely N-dealkylation sites (tertiary alicyclic amines) is 1. The number of benzene rings is 1. The van der Waals surface area contributed by atoms with Crippen LogP contribution >= 0.6 is 0 Å². The standard InChI is InChI=1S/C14H17NO4/c1-9-2-3-12(17)11(8-9)13(14(18)19)15-6-4-10(16)5-7-15/h2-3,8,13,17H,4-7H2,1H3,(H,18,19). The molecule has 0 saturated carbocycles. The van der Waals surface area contributed by atoms with Crippen molar-refractivity contribution in [3.8, 4) is 5.75 Å². The Morgan fingerprint density at radius 2 is 1.95 bits per heavy atom. The number of aromatic hydroxyl groups is 1. The van der Waals surface area contributed by atoms with Crippen LogP contribution in [0.4, 0.5) is 0 Å². The lowest BCUT2D eigenvalue weighted by atomic mass is 9.99. The minimum absolute atomic E-state index is 0.0186. The number of Topliss-reactive ketones (excluding diaryl/α,β-unsaturated/α-hetero) is 1. The molecule has 1 fully saturated rings. The van der Waals surface area contributed by atoms with Gasteiger partial charge in [-0.3, -0.25) is 14.5 Å². The molecule has 1 heterocycles. The number of hydrogen-bond acceptors (Lipinski definition) is 4. The van der Waals surface area contributed by atoms with Crippen LogP contribution in [0.25, 0.3) is 0 Å². The van der Waals surface area contributed by atoms with Crippen LogP contribution in [0.5, 0.6) is 5.75 Å². The van der Waals surface area contributed by atoms with E-state index in [2.05, 4.69) is 0 Å². The van der Waals surface area contributed by atoms with E-state index in [1.807, 2.05) is 6.92 Å². The van der Waals surface area contributed by atoms with E-state index in [-0.39, 0.29) is 11.5 Å². The number of aryl methyl sites for hydroxylation is 1. The summed E-state index contributed by atoms with van der Waals surface area (Å²) in [7, 11) is 0. The fraction of sp³-hybridized carbons (Fsp3) is 0.429. The Kier molecular flexibility index (Phi) is 3.85. The van der Waals surface area contributed by atoms with Gasteiger partial charge < -0.3 is 10.2 Å². The SMILES string of the molecule is Cc1ccc(O)c(C(C(=O)O)N2CCC(=O)CC2)c1. The quantitative estimate of drug-likeness (QED) is 0.864. The predicted octanol–water partition coefficient (Wildman–Crippen LogP) is 1.49. The lowest BCUT2D eigenvalue weighted by molar-refractivity contribution is -0.145. The molecular formula is C14H17NO4. The Morgan fingerprint density at radius 3 is 2.53 bits per heavy atom. The van der Waals surface area contributed by atoms with Crippen LogP contribution in [0.15, 0.2) is 18.2 Å². The van der Waals surface area contributed by atoms with E-state index >= 15 is 0 Å². The maximum atomic E-state index is 11.5. The zero-order valence-corrected chi connectivity index (χ0v) is 10.8. The summed E-state index contributed by atoms with van der Waals surface area (Å²) in [6.07, 6.45) is 0.743. The summed E-state index contributed by atoms with van der Waals surface area (Å²) in [6, 6.07) is 4.03. The molecule has 5 nitrogen and oxygen atoms in total. The van der Waals surface area contributed by atoms with Gasteiger partial charge in [-0.15, -0.1) is 0 Å². The lowest BCUT2D eigenvalue weighted by Gasteiger charge is -2.32. The molecule has 0 aliphatic carbocycles. The number of carboxylic acids is 1. The van der Waals surface area contributed by atoms with Gasteiger partial charge in [0.1, 0.15) is 17.6 Å². The van der Waals surface area contributed by atoms with Crippen LogP contribution in [0, 0.1) is 6.92 Å². The van der Waals surface area contributed by atoms with Gasteiger partial charge in [0.15, 0.2) is 0 Å². The number of carbonyl (C=O) groups excluding carboxylic acids is 1. The van der Waals surface area contributed by atoms with E-state index in [0.717, 1.165) is 5.56 Å². The number of rotatable bonds is 3. The number of nitrogens with zero attached hydrogens (tertiary/aromatic N) is 1. The molecule has 1 aliphatic heterocycles. The van der Waals surface area contributed by atoms with E-state index in [1.54, 1.807) is 17.0 Å². The molecule has 2 N–H and O–H groups in total. The van der Waals surface area contributed by atoms with E-state index in [9.17, 15) is 19.8 Å². The topological polar surface area (TPSA) is 77.8 Å². The third-order valence-electron chi connectivity index (χ3n) is 3.43. The van der Waals surface area contributed by atoms with Gasteiger partial charge in [0.05, 0.1) is 0 Å². The minimum Gasteiger partial charge on any atom is -0.508 e. The van der Waals surface area contributed by atoms with Crippen LogP contribution in [-0.4, -0.2) is 40.0 Å². The van der Waals surface area contributed by atoms with E-state index in [1.165, 1.54) is 6.07 Å². The van der Waals surface area contributed by atoms with Gasteiger partial charge in [-0.05, 0) is 13.0 Å². The van der Waals surface area contributed by atoms with Gasteiger partial charge in [0.2, 0.25) is 0 Å². The zero-order chi connectivity index (χ0) is 14.0. The van der Waals surface area contributed by atoms with Crippen molar-refractivity contribution in [2.75, 3.05) is 13.1 Å². The number of hydrogen-bond donors (Lipinski definition) is 2. The third-order valence-corrected chi connectivity index (χ3v) is 3.43. The highest BCUT2D eigenvalue weighted by Crippen LogP contribution is 2.31. The van der Waals surface area contributed by atoms with E-state index in [4.69, 9.17) is 0 Å². The smallest absolute Gasteiger partial charge is 0.325 e. The molecule has 1 atom stereocenters. The lowest BCUT2D eigenvalue weighted by Crippen LogP contribution is -2.40. The van der Waals surface area contributed by atoms with E-state index < -0.39 is 12.0 Å². The summed E-state index contributed by atoms with van der Waals surface area (Å²) >= 11 is 0. The predicted molar refractivity (Wildman–Crippen MR) is 69.0 cm³/mol. The summed E-state index contributed by atoms with van der Waals surface area (Å²) in [4.78, 5) is 24.5. The van der Waals surface area contributed by atoms with Crippen molar-refractivity contribution in [2.24, 2.45) is 0 Å². The van der Waals surface area contributed by atoms with Crippen molar-refractivity contribution < 1.29 is 19.8 Å². The van der Waals surface area contributed by atoms with Crippen LogP contribution in [0.2, 0.25) is 0 Å². The normalized spacial score (nSPS) is 18.3. The molecule has 2 rings (SSSR count). The second kappa shape index (κ2) is 5.40. The average molecular weight is 263 g/mol. The highest BCUT2D eigenvalue weighted by molar-refractivity contribution is 5.81. The van der Waals surface area contributed by atoms with Gasteiger partial charge in [0, 0.05) is 31.5 Å². The van der Waals surface area contributed by atoms with Gasteiger partial charge >= 0.3 is 5.97 Å². The zero-order valence-electron chi connectivity index (χ0n) is 10.8. The first-order chi connectivity index (χ1) is 8.99. The van der Waals surface area contributed by atoms with Crippen molar-refractivity contribution in [1.82, 2.24) is 4.90 Å². The second-order valence-electron chi connectivity index (χ2n) is 4.88. The summed E-state index contributed by atoms with van der Waals surface area (Å²) in [5.41, 5.74) is 1.29. The molecule has 1 unspecified atom stereocenters. The number of phenolic OH excluding ortho intramolecular Hbond substituents is 1. The molecule has 0 spiro atoms. The summed E-state index contributed by atoms with van der Waals surface area (Å²) in [5, 5.41) is 19.3. The number of ketones is 1. The van der Waals surface area contributed by atoms with Crippen molar-refractivity contribution >= 4 is 11.8 Å². The van der Waals surface area contributed by atoms with E-state index in [0.29, 0.717) is 31.5 Å². The van der Waals surface area contributed by atoms with Gasteiger partial charge in [-0.1, -0.05) is 17.7 Å². The summed E-state index contributed by atoms with van der Waals surface area (Å²) in [6.45, 7) is 2.69. The molecule has 0 bridgehead atoms. The first-order valence-electron chi connectivity index (χ1n) is 6.27. The van der Waals surface area contributed by atoms with Crippen molar-refractivity contribution in [3.05, 3.63) is 29.3 Å². The van der Waals surface area contributed by atoms with Crippen LogP contribution in [0.3, 0.4) is 0 Å². The highest BCUT2D eigenvalue weighted by atomic mass is 16.4. The molecule has 102 valence electrons. The maximum absolute atomic E-state index is 11.5. The Morgan fingerprint density at radius 1 is 1.32 bits per heavy atom. The van der Waals surface area contributed by atoms with Gasteiger partial charge in [-0.2, -0.15) is 0 Å². The molecule has 19 heavy (non-hydrogen) atoms. The number of piperidine rings is 1. The van der Waals surface area contributed by atoms with Crippen LogP contribution in [-0.2, 0) is 9.59 Å². The van der Waals surface area contributed by atoms with Crippen LogP contribution < -0.4 is 0 Å². The Labute approximate surface area is 111 Å². The monoisotopic (exact) mass is 263 g/mol. The molecule has 1 saturated heterocycles. The molecule has 0 radical (unpaired) electrons. The Balaban J connectivity index is 2.32.